The largest absolute Gasteiger partial charge is 0.348 e. The number of carbonyl (C=O) groups excluding carboxylic acids is 1. The summed E-state index contributed by atoms with van der Waals surface area (Å²) in [6.07, 6.45) is 6.10. The third-order valence-electron chi connectivity index (χ3n) is 3.72. The normalized spacial score (nSPS) is 10.7. The number of carbonyl (C=O) groups is 1. The summed E-state index contributed by atoms with van der Waals surface area (Å²) in [7, 11) is 0. The van der Waals surface area contributed by atoms with Gasteiger partial charge in [0.15, 0.2) is 0 Å². The predicted molar refractivity (Wildman–Crippen MR) is 103 cm³/mol. The number of nitrogens with zero attached hydrogens (tertiary/aromatic N) is 3. The zero-order chi connectivity index (χ0) is 19.2. The Hall–Kier alpha value is -3.24. The van der Waals surface area contributed by atoms with Crippen LogP contribution in [0.1, 0.15) is 16.7 Å². The summed E-state index contributed by atoms with van der Waals surface area (Å²) in [4.78, 5) is 11.9. The van der Waals surface area contributed by atoms with Crippen molar-refractivity contribution < 1.29 is 9.18 Å². The van der Waals surface area contributed by atoms with Gasteiger partial charge in [-0.15, -0.1) is 0 Å². The van der Waals surface area contributed by atoms with E-state index in [9.17, 15) is 9.18 Å². The molecular formula is C20H14BrFN4O. The molecule has 0 unspecified atom stereocenters. The molecule has 1 heterocycles. The van der Waals surface area contributed by atoms with Crippen LogP contribution in [0.25, 0.3) is 11.8 Å². The van der Waals surface area contributed by atoms with E-state index in [0.29, 0.717) is 23.4 Å². The summed E-state index contributed by atoms with van der Waals surface area (Å²) >= 11 is 3.27. The van der Waals surface area contributed by atoms with Crippen LogP contribution in [-0.2, 0) is 11.3 Å². The number of aromatic nitrogens is 2. The van der Waals surface area contributed by atoms with Crippen LogP contribution in [0.3, 0.4) is 0 Å². The third kappa shape index (κ3) is 4.90. The number of rotatable bonds is 5. The Bertz CT molecular complexity index is 1050. The van der Waals surface area contributed by atoms with Gasteiger partial charge in [-0.25, -0.2) is 9.07 Å². The van der Waals surface area contributed by atoms with E-state index in [1.807, 2.05) is 6.07 Å². The van der Waals surface area contributed by atoms with E-state index in [2.05, 4.69) is 32.4 Å². The standard InChI is InChI=1S/C20H14BrFN4O/c21-17-12-25-26(13-17)19-6-4-14(9-18(19)22)5-7-20(27)24-11-16-3-1-2-15(8-16)10-23/h1-9,12-13H,11H2,(H,24,27)/b7-5+. The molecule has 27 heavy (non-hydrogen) atoms. The van der Waals surface area contributed by atoms with Crippen LogP contribution in [0.2, 0.25) is 0 Å². The fourth-order valence-corrected chi connectivity index (χ4v) is 2.70. The summed E-state index contributed by atoms with van der Waals surface area (Å²) in [5.41, 5.74) is 2.25. The Morgan fingerprint density at radius 2 is 2.19 bits per heavy atom. The summed E-state index contributed by atoms with van der Waals surface area (Å²) in [5, 5.41) is 15.6. The lowest BCUT2D eigenvalue weighted by Gasteiger charge is -2.04. The number of hydrogen-bond acceptors (Lipinski definition) is 3. The first kappa shape index (κ1) is 18.5. The quantitative estimate of drug-likeness (QED) is 0.629. The first-order chi connectivity index (χ1) is 13.0. The molecule has 0 radical (unpaired) electrons. The zero-order valence-corrected chi connectivity index (χ0v) is 15.6. The van der Waals surface area contributed by atoms with Gasteiger partial charge in [0, 0.05) is 18.8 Å². The number of halogens is 2. The number of hydrogen-bond donors (Lipinski definition) is 1. The smallest absolute Gasteiger partial charge is 0.244 e. The van der Waals surface area contributed by atoms with E-state index in [1.165, 1.54) is 22.9 Å². The molecule has 0 fully saturated rings. The van der Waals surface area contributed by atoms with E-state index >= 15 is 0 Å². The predicted octanol–water partition coefficient (Wildman–Crippen LogP) is 3.98. The molecule has 0 saturated heterocycles. The van der Waals surface area contributed by atoms with Crippen LogP contribution in [0.5, 0.6) is 0 Å². The van der Waals surface area contributed by atoms with Gasteiger partial charge in [0.2, 0.25) is 5.91 Å². The molecule has 0 spiro atoms. The van der Waals surface area contributed by atoms with Crippen molar-refractivity contribution in [2.45, 2.75) is 6.54 Å². The maximum Gasteiger partial charge on any atom is 0.244 e. The van der Waals surface area contributed by atoms with Gasteiger partial charge in [0.25, 0.3) is 0 Å². The van der Waals surface area contributed by atoms with Crippen molar-refractivity contribution in [3.63, 3.8) is 0 Å². The molecule has 1 aromatic heterocycles. The summed E-state index contributed by atoms with van der Waals surface area (Å²) in [5.74, 6) is -0.751. The van der Waals surface area contributed by atoms with Gasteiger partial charge >= 0.3 is 0 Å². The van der Waals surface area contributed by atoms with Gasteiger partial charge < -0.3 is 5.32 Å². The molecule has 0 aliphatic rings. The fraction of sp³-hybridized carbons (Fsp3) is 0.0500. The zero-order valence-electron chi connectivity index (χ0n) is 14.1. The highest BCUT2D eigenvalue weighted by Gasteiger charge is 2.06. The molecular weight excluding hydrogens is 411 g/mol. The number of nitriles is 1. The average Bonchev–Trinajstić information content (AvgIpc) is 3.11. The minimum absolute atomic E-state index is 0.306. The second-order valence-corrected chi connectivity index (χ2v) is 6.59. The minimum Gasteiger partial charge on any atom is -0.348 e. The van der Waals surface area contributed by atoms with Crippen molar-refractivity contribution in [2.75, 3.05) is 0 Å². The highest BCUT2D eigenvalue weighted by molar-refractivity contribution is 9.10. The van der Waals surface area contributed by atoms with Gasteiger partial charge in [-0.3, -0.25) is 4.79 Å². The number of nitrogens with one attached hydrogen (secondary N) is 1. The van der Waals surface area contributed by atoms with Gasteiger partial charge in [0.05, 0.1) is 22.3 Å². The molecule has 134 valence electrons. The van der Waals surface area contributed by atoms with Crippen LogP contribution in [0.4, 0.5) is 4.39 Å². The molecule has 5 nitrogen and oxygen atoms in total. The molecule has 0 aliphatic heterocycles. The Labute approximate surface area is 163 Å². The van der Waals surface area contributed by atoms with E-state index in [1.54, 1.807) is 42.7 Å². The van der Waals surface area contributed by atoms with Crippen molar-refractivity contribution in [2.24, 2.45) is 0 Å². The Balaban J connectivity index is 1.62. The second-order valence-electron chi connectivity index (χ2n) is 5.68. The minimum atomic E-state index is -0.443. The number of benzene rings is 2. The average molecular weight is 425 g/mol. The van der Waals surface area contributed by atoms with E-state index in [0.717, 1.165) is 10.0 Å². The molecule has 1 N–H and O–H groups in total. The highest BCUT2D eigenvalue weighted by atomic mass is 79.9. The fourth-order valence-electron chi connectivity index (χ4n) is 2.42. The van der Waals surface area contributed by atoms with Gasteiger partial charge in [0.1, 0.15) is 11.5 Å². The maximum atomic E-state index is 14.3. The van der Waals surface area contributed by atoms with E-state index in [-0.39, 0.29) is 5.91 Å². The van der Waals surface area contributed by atoms with Crippen molar-refractivity contribution in [3.8, 4) is 11.8 Å². The highest BCUT2D eigenvalue weighted by Crippen LogP contribution is 2.18. The lowest BCUT2D eigenvalue weighted by Crippen LogP contribution is -2.20. The monoisotopic (exact) mass is 424 g/mol. The Kier molecular flexibility index (Phi) is 5.79. The molecule has 3 aromatic rings. The van der Waals surface area contributed by atoms with Crippen LogP contribution in [0, 0.1) is 17.1 Å². The third-order valence-corrected chi connectivity index (χ3v) is 4.13. The van der Waals surface area contributed by atoms with Crippen molar-refractivity contribution in [1.82, 2.24) is 15.1 Å². The molecule has 7 heteroatoms. The summed E-state index contributed by atoms with van der Waals surface area (Å²) in [6, 6.07) is 13.7. The SMILES string of the molecule is N#Cc1cccc(CNC(=O)/C=C/c2ccc(-n3cc(Br)cn3)c(F)c2)c1. The maximum absolute atomic E-state index is 14.3. The van der Waals surface area contributed by atoms with E-state index in [4.69, 9.17) is 5.26 Å². The molecule has 2 aromatic carbocycles. The molecule has 1 amide bonds. The van der Waals surface area contributed by atoms with Crippen LogP contribution < -0.4 is 5.32 Å². The molecule has 0 saturated carbocycles. The number of amides is 1. The van der Waals surface area contributed by atoms with Crippen molar-refractivity contribution in [3.05, 3.63) is 87.9 Å². The Morgan fingerprint density at radius 1 is 1.33 bits per heavy atom. The second kappa shape index (κ2) is 8.43. The lowest BCUT2D eigenvalue weighted by atomic mass is 10.1. The molecule has 3 rings (SSSR count). The molecule has 0 bridgehead atoms. The van der Waals surface area contributed by atoms with Gasteiger partial charge in [-0.05, 0) is 57.4 Å². The lowest BCUT2D eigenvalue weighted by molar-refractivity contribution is -0.116. The van der Waals surface area contributed by atoms with Crippen molar-refractivity contribution >= 4 is 27.9 Å². The van der Waals surface area contributed by atoms with E-state index < -0.39 is 5.82 Å². The first-order valence-corrected chi connectivity index (χ1v) is 8.79. The van der Waals surface area contributed by atoms with Crippen LogP contribution in [-0.4, -0.2) is 15.7 Å². The topological polar surface area (TPSA) is 70.7 Å². The molecule has 0 aliphatic carbocycles. The Morgan fingerprint density at radius 3 is 2.89 bits per heavy atom. The van der Waals surface area contributed by atoms with Gasteiger partial charge in [-0.2, -0.15) is 10.4 Å². The summed E-state index contributed by atoms with van der Waals surface area (Å²) in [6.45, 7) is 0.306. The first-order valence-electron chi connectivity index (χ1n) is 8.00. The molecule has 0 atom stereocenters. The summed E-state index contributed by atoms with van der Waals surface area (Å²) < 4.78 is 16.5. The van der Waals surface area contributed by atoms with Crippen LogP contribution in [0.15, 0.2) is 65.4 Å². The van der Waals surface area contributed by atoms with Gasteiger partial charge in [-0.1, -0.05) is 18.2 Å². The van der Waals surface area contributed by atoms with Crippen LogP contribution >= 0.6 is 15.9 Å². The van der Waals surface area contributed by atoms with Crippen molar-refractivity contribution in [1.29, 1.82) is 5.26 Å².